The Kier molecular flexibility index (Phi) is 9.70. The first-order valence-corrected chi connectivity index (χ1v) is 11.6. The van der Waals surface area contributed by atoms with Gasteiger partial charge in [-0.25, -0.2) is 0 Å². The summed E-state index contributed by atoms with van der Waals surface area (Å²) in [6.45, 7) is 5.00. The number of rotatable bonds is 12. The van der Waals surface area contributed by atoms with E-state index in [0.717, 1.165) is 29.3 Å². The van der Waals surface area contributed by atoms with Crippen molar-refractivity contribution >= 4 is 28.4 Å². The molecular weight excluding hydrogens is 418 g/mol. The van der Waals surface area contributed by atoms with Crippen LogP contribution in [0.4, 0.5) is 5.69 Å². The van der Waals surface area contributed by atoms with Gasteiger partial charge in [-0.05, 0) is 59.9 Å². The van der Waals surface area contributed by atoms with Crippen LogP contribution in [0.25, 0.3) is 16.8 Å². The minimum atomic E-state index is -0.423. The highest BCUT2D eigenvalue weighted by molar-refractivity contribution is 6.02. The molecule has 1 unspecified atom stereocenters. The normalized spacial score (nSPS) is 16.2. The van der Waals surface area contributed by atoms with Gasteiger partial charge in [0.1, 0.15) is 11.6 Å². The van der Waals surface area contributed by atoms with E-state index in [9.17, 15) is 10.1 Å². The number of hydrogen-bond acceptors (Lipinski definition) is 6. The number of nitrogens with one attached hydrogen (secondary N) is 1. The Morgan fingerprint density at radius 3 is 2.70 bits per heavy atom. The number of carbonyl (C=O) groups excluding carboxylic acids is 1. The molecule has 176 valence electrons. The van der Waals surface area contributed by atoms with E-state index in [1.54, 1.807) is 6.08 Å². The molecule has 1 aliphatic heterocycles. The summed E-state index contributed by atoms with van der Waals surface area (Å²) in [4.78, 5) is 14.8. The average molecular weight is 452 g/mol. The van der Waals surface area contributed by atoms with E-state index >= 15 is 0 Å². The number of fused-ring (bicyclic) bond motifs is 1. The fourth-order valence-corrected chi connectivity index (χ4v) is 4.15. The van der Waals surface area contributed by atoms with Crippen LogP contribution < -0.4 is 10.2 Å². The fraction of sp³-hybridized carbons (Fsp3) is 0.462. The van der Waals surface area contributed by atoms with Crippen molar-refractivity contribution in [3.05, 3.63) is 47.5 Å². The Morgan fingerprint density at radius 1 is 1.18 bits per heavy atom. The number of ether oxygens (including phenoxy) is 2. The number of nitrogens with zero attached hydrogens (tertiary/aromatic N) is 2. The maximum Gasteiger partial charge on any atom is 0.262 e. The van der Waals surface area contributed by atoms with Gasteiger partial charge in [-0.1, -0.05) is 25.1 Å². The van der Waals surface area contributed by atoms with Crippen molar-refractivity contribution in [2.45, 2.75) is 32.2 Å². The molecule has 0 aliphatic carbocycles. The molecule has 3 rings (SSSR count). The fourth-order valence-electron chi connectivity index (χ4n) is 4.15. The van der Waals surface area contributed by atoms with E-state index in [-0.39, 0.29) is 18.8 Å². The van der Waals surface area contributed by atoms with Gasteiger partial charge in [0, 0.05) is 24.8 Å². The zero-order valence-corrected chi connectivity index (χ0v) is 19.3. The molecule has 1 atom stereocenters. The third-order valence-electron chi connectivity index (χ3n) is 5.84. The molecule has 1 fully saturated rings. The maximum atomic E-state index is 12.4. The molecule has 1 saturated heterocycles. The number of hydrogen-bond donors (Lipinski definition) is 2. The number of aliphatic hydroxyl groups is 1. The molecule has 0 spiro atoms. The lowest BCUT2D eigenvalue weighted by Crippen LogP contribution is -2.28. The van der Waals surface area contributed by atoms with Crippen molar-refractivity contribution in [2.24, 2.45) is 0 Å². The van der Waals surface area contributed by atoms with Gasteiger partial charge in [-0.3, -0.25) is 4.79 Å². The van der Waals surface area contributed by atoms with Crippen LogP contribution in [0.3, 0.4) is 0 Å². The topological polar surface area (TPSA) is 94.8 Å². The van der Waals surface area contributed by atoms with E-state index < -0.39 is 5.91 Å². The van der Waals surface area contributed by atoms with Crippen molar-refractivity contribution in [3.63, 3.8) is 0 Å². The Balaban J connectivity index is 1.58. The lowest BCUT2D eigenvalue weighted by atomic mass is 10.0. The van der Waals surface area contributed by atoms with Gasteiger partial charge in [-0.15, -0.1) is 0 Å². The molecule has 0 saturated carbocycles. The molecule has 1 aliphatic rings. The van der Waals surface area contributed by atoms with Crippen LogP contribution in [0.1, 0.15) is 31.7 Å². The Labute approximate surface area is 195 Å². The molecule has 2 aromatic carbocycles. The summed E-state index contributed by atoms with van der Waals surface area (Å²) in [6.07, 6.45) is 5.26. The van der Waals surface area contributed by atoms with E-state index in [1.165, 1.54) is 18.5 Å². The molecule has 7 heteroatoms. The number of benzene rings is 2. The Morgan fingerprint density at radius 2 is 1.94 bits per heavy atom. The predicted molar refractivity (Wildman–Crippen MR) is 130 cm³/mol. The Bertz CT molecular complexity index is 999. The highest BCUT2D eigenvalue weighted by Gasteiger charge is 2.23. The monoisotopic (exact) mass is 451 g/mol. The summed E-state index contributed by atoms with van der Waals surface area (Å²) in [5.74, 6) is -0.423. The SMILES string of the molecule is CCC1CCCN1c1ccc2cc(/C=C(\C#N)C(=O)NCCOCCOCCO)ccc2c1. The molecule has 0 bridgehead atoms. The highest BCUT2D eigenvalue weighted by Crippen LogP contribution is 2.30. The van der Waals surface area contributed by atoms with Crippen LogP contribution in [-0.2, 0) is 14.3 Å². The number of anilines is 1. The average Bonchev–Trinajstić information content (AvgIpc) is 3.32. The van der Waals surface area contributed by atoms with Crippen molar-refractivity contribution in [1.82, 2.24) is 5.32 Å². The molecule has 0 radical (unpaired) electrons. The quantitative estimate of drug-likeness (QED) is 0.292. The van der Waals surface area contributed by atoms with Gasteiger partial charge in [0.25, 0.3) is 5.91 Å². The molecule has 2 aromatic rings. The number of aliphatic hydroxyl groups excluding tert-OH is 1. The molecule has 33 heavy (non-hydrogen) atoms. The summed E-state index contributed by atoms with van der Waals surface area (Å²) < 4.78 is 10.4. The summed E-state index contributed by atoms with van der Waals surface area (Å²) in [5.41, 5.74) is 2.13. The lowest BCUT2D eigenvalue weighted by Gasteiger charge is -2.26. The summed E-state index contributed by atoms with van der Waals surface area (Å²) in [6, 6.07) is 15.1. The van der Waals surface area contributed by atoms with Crippen molar-refractivity contribution in [1.29, 1.82) is 5.26 Å². The van der Waals surface area contributed by atoms with Crippen LogP contribution in [0, 0.1) is 11.3 Å². The van der Waals surface area contributed by atoms with E-state index in [0.29, 0.717) is 32.4 Å². The van der Waals surface area contributed by atoms with Crippen LogP contribution in [-0.4, -0.2) is 63.2 Å². The first kappa shape index (κ1) is 24.7. The predicted octanol–water partition coefficient (Wildman–Crippen LogP) is 3.27. The second-order valence-electron chi connectivity index (χ2n) is 8.06. The molecule has 0 aromatic heterocycles. The number of carbonyl (C=O) groups is 1. The Hall–Kier alpha value is -2.92. The molecule has 7 nitrogen and oxygen atoms in total. The first-order valence-electron chi connectivity index (χ1n) is 11.6. The van der Waals surface area contributed by atoms with E-state index in [2.05, 4.69) is 35.3 Å². The van der Waals surface area contributed by atoms with Crippen molar-refractivity contribution < 1.29 is 19.4 Å². The molecule has 1 amide bonds. The van der Waals surface area contributed by atoms with E-state index in [4.69, 9.17) is 14.6 Å². The van der Waals surface area contributed by atoms with Crippen LogP contribution in [0.15, 0.2) is 42.0 Å². The standard InChI is InChI=1S/C26H33N3O4/c1-2-24-4-3-10-29(24)25-8-7-21-16-20(5-6-22(21)18-25)17-23(19-27)26(31)28-9-12-32-14-15-33-13-11-30/h5-8,16-18,24,30H,2-4,9-15H2,1H3,(H,28,31)/b23-17+. The van der Waals surface area contributed by atoms with Gasteiger partial charge in [0.2, 0.25) is 0 Å². The summed E-state index contributed by atoms with van der Waals surface area (Å²) >= 11 is 0. The van der Waals surface area contributed by atoms with Gasteiger partial charge in [-0.2, -0.15) is 5.26 Å². The largest absolute Gasteiger partial charge is 0.394 e. The smallest absolute Gasteiger partial charge is 0.262 e. The molecular formula is C26H33N3O4. The summed E-state index contributed by atoms with van der Waals surface area (Å²) in [5, 5.41) is 23.0. The second-order valence-corrected chi connectivity index (χ2v) is 8.06. The number of nitriles is 1. The van der Waals surface area contributed by atoms with Gasteiger partial charge in [0.05, 0.1) is 33.0 Å². The van der Waals surface area contributed by atoms with E-state index in [1.807, 2.05) is 24.3 Å². The van der Waals surface area contributed by atoms with Crippen LogP contribution >= 0.6 is 0 Å². The third-order valence-corrected chi connectivity index (χ3v) is 5.84. The van der Waals surface area contributed by atoms with Crippen LogP contribution in [0.2, 0.25) is 0 Å². The highest BCUT2D eigenvalue weighted by atomic mass is 16.5. The molecule has 2 N–H and O–H groups in total. The van der Waals surface area contributed by atoms with Crippen LogP contribution in [0.5, 0.6) is 0 Å². The lowest BCUT2D eigenvalue weighted by molar-refractivity contribution is -0.117. The van der Waals surface area contributed by atoms with Gasteiger partial charge in [0.15, 0.2) is 0 Å². The second kappa shape index (κ2) is 12.9. The zero-order valence-electron chi connectivity index (χ0n) is 19.3. The minimum absolute atomic E-state index is 0.0183. The number of amides is 1. The van der Waals surface area contributed by atoms with Gasteiger partial charge < -0.3 is 24.8 Å². The molecule has 1 heterocycles. The first-order chi connectivity index (χ1) is 16.2. The summed E-state index contributed by atoms with van der Waals surface area (Å²) in [7, 11) is 0. The maximum absolute atomic E-state index is 12.4. The van der Waals surface area contributed by atoms with Crippen molar-refractivity contribution in [2.75, 3.05) is 51.0 Å². The minimum Gasteiger partial charge on any atom is -0.394 e. The van der Waals surface area contributed by atoms with Gasteiger partial charge >= 0.3 is 0 Å². The zero-order chi connectivity index (χ0) is 23.5. The van der Waals surface area contributed by atoms with Crippen molar-refractivity contribution in [3.8, 4) is 6.07 Å². The third kappa shape index (κ3) is 7.03.